The summed E-state index contributed by atoms with van der Waals surface area (Å²) < 4.78 is 1.58. The van der Waals surface area contributed by atoms with Gasteiger partial charge in [-0.2, -0.15) is 0 Å². The number of nitrogens with zero attached hydrogens (tertiary/aromatic N) is 5. The molecule has 0 saturated carbocycles. The van der Waals surface area contributed by atoms with E-state index in [1.165, 1.54) is 40.4 Å². The van der Waals surface area contributed by atoms with Crippen molar-refractivity contribution in [3.63, 3.8) is 0 Å². The Bertz CT molecular complexity index is 905. The number of fused-ring (bicyclic) bond motifs is 3. The van der Waals surface area contributed by atoms with Gasteiger partial charge >= 0.3 is 0 Å². The van der Waals surface area contributed by atoms with E-state index in [2.05, 4.69) is 40.9 Å². The molecule has 6 nitrogen and oxygen atoms in total. The first kappa shape index (κ1) is 15.8. The predicted molar refractivity (Wildman–Crippen MR) is 97.1 cm³/mol. The Morgan fingerprint density at radius 1 is 1.17 bits per heavy atom. The molecule has 1 aliphatic rings. The summed E-state index contributed by atoms with van der Waals surface area (Å²) in [5, 5.41) is 11.3. The zero-order valence-electron chi connectivity index (χ0n) is 14.0. The van der Waals surface area contributed by atoms with Crippen LogP contribution in [-0.2, 0) is 18.3 Å². The maximum absolute atomic E-state index is 6.22. The Labute approximate surface area is 148 Å². The fourth-order valence-corrected chi connectivity index (χ4v) is 5.24. The van der Waals surface area contributed by atoms with Gasteiger partial charge in [0.25, 0.3) is 0 Å². The van der Waals surface area contributed by atoms with E-state index in [0.29, 0.717) is 5.16 Å². The van der Waals surface area contributed by atoms with Gasteiger partial charge in [-0.1, -0.05) is 20.8 Å². The van der Waals surface area contributed by atoms with Crippen LogP contribution in [0.15, 0.2) is 16.5 Å². The largest absolute Gasteiger partial charge is 0.336 e. The van der Waals surface area contributed by atoms with Gasteiger partial charge in [-0.15, -0.1) is 21.5 Å². The summed E-state index contributed by atoms with van der Waals surface area (Å²) >= 11 is 3.28. The molecule has 126 valence electrons. The molecule has 0 radical (unpaired) electrons. The van der Waals surface area contributed by atoms with E-state index in [-0.39, 0.29) is 5.41 Å². The molecule has 3 heterocycles. The molecule has 4 rings (SSSR count). The lowest BCUT2D eigenvalue weighted by Gasteiger charge is -2.16. The standard InChI is InChI=1S/C16H20N6S2/c1-16(2,3)14-20-21-15(22(14)17)24-13-11-9-6-4-5-7-10(9)23-12(11)18-8-19-13/h8H,4-7,17H2,1-3H3. The molecule has 0 unspecified atom stereocenters. The van der Waals surface area contributed by atoms with Crippen LogP contribution in [0.1, 0.15) is 49.9 Å². The third-order valence-corrected chi connectivity index (χ3v) is 6.40. The summed E-state index contributed by atoms with van der Waals surface area (Å²) in [5.74, 6) is 6.99. The van der Waals surface area contributed by atoms with Crippen molar-refractivity contribution in [2.45, 2.75) is 62.1 Å². The van der Waals surface area contributed by atoms with Crippen molar-refractivity contribution in [1.29, 1.82) is 0 Å². The van der Waals surface area contributed by atoms with Crippen LogP contribution in [0.5, 0.6) is 0 Å². The summed E-state index contributed by atoms with van der Waals surface area (Å²) in [6.07, 6.45) is 6.40. The first-order chi connectivity index (χ1) is 11.4. The molecular formula is C16H20N6S2. The molecule has 8 heteroatoms. The summed E-state index contributed by atoms with van der Waals surface area (Å²) in [6, 6.07) is 0. The third-order valence-electron chi connectivity index (χ3n) is 4.24. The Balaban J connectivity index is 1.78. The lowest BCUT2D eigenvalue weighted by molar-refractivity contribution is 0.523. The van der Waals surface area contributed by atoms with E-state index >= 15 is 0 Å². The molecule has 0 aromatic carbocycles. The van der Waals surface area contributed by atoms with Crippen LogP contribution in [-0.4, -0.2) is 24.8 Å². The van der Waals surface area contributed by atoms with Crippen LogP contribution in [0.3, 0.4) is 0 Å². The molecule has 0 fully saturated rings. The number of nitrogens with two attached hydrogens (primary N) is 1. The second kappa shape index (κ2) is 5.70. The molecule has 3 aromatic heterocycles. The van der Waals surface area contributed by atoms with Crippen molar-refractivity contribution in [3.05, 3.63) is 22.6 Å². The molecule has 0 bridgehead atoms. The highest BCUT2D eigenvalue weighted by molar-refractivity contribution is 7.99. The van der Waals surface area contributed by atoms with Gasteiger partial charge in [-0.25, -0.2) is 14.6 Å². The van der Waals surface area contributed by atoms with E-state index < -0.39 is 0 Å². The van der Waals surface area contributed by atoms with Crippen LogP contribution in [0.2, 0.25) is 0 Å². The second-order valence-electron chi connectivity index (χ2n) is 7.10. The van der Waals surface area contributed by atoms with Crippen molar-refractivity contribution >= 4 is 33.3 Å². The van der Waals surface area contributed by atoms with E-state index in [0.717, 1.165) is 28.5 Å². The Morgan fingerprint density at radius 3 is 2.71 bits per heavy atom. The zero-order valence-corrected chi connectivity index (χ0v) is 15.7. The third kappa shape index (κ3) is 2.57. The highest BCUT2D eigenvalue weighted by Crippen LogP contribution is 2.40. The van der Waals surface area contributed by atoms with E-state index in [1.54, 1.807) is 22.3 Å². The molecule has 1 aliphatic carbocycles. The van der Waals surface area contributed by atoms with Crippen LogP contribution in [0.4, 0.5) is 0 Å². The van der Waals surface area contributed by atoms with Gasteiger partial charge in [-0.3, -0.25) is 0 Å². The number of nitrogen functional groups attached to an aromatic ring is 1. The minimum atomic E-state index is -0.150. The zero-order chi connectivity index (χ0) is 16.9. The Hall–Kier alpha value is -1.67. The molecule has 2 N–H and O–H groups in total. The summed E-state index contributed by atoms with van der Waals surface area (Å²) in [5.41, 5.74) is 1.27. The van der Waals surface area contributed by atoms with Crippen LogP contribution >= 0.6 is 23.1 Å². The number of hydrogen-bond acceptors (Lipinski definition) is 7. The predicted octanol–water partition coefficient (Wildman–Crippen LogP) is 3.32. The van der Waals surface area contributed by atoms with Crippen LogP contribution in [0.25, 0.3) is 10.2 Å². The maximum atomic E-state index is 6.22. The number of thiophene rings is 1. The number of aromatic nitrogens is 5. The Morgan fingerprint density at radius 2 is 1.96 bits per heavy atom. The van der Waals surface area contributed by atoms with Gasteiger partial charge in [0.05, 0.1) is 0 Å². The van der Waals surface area contributed by atoms with Crippen molar-refractivity contribution < 1.29 is 0 Å². The summed E-state index contributed by atoms with van der Waals surface area (Å²) in [4.78, 5) is 11.5. The van der Waals surface area contributed by atoms with E-state index in [9.17, 15) is 0 Å². The van der Waals surface area contributed by atoms with Gasteiger partial charge in [0, 0.05) is 15.7 Å². The molecule has 0 atom stereocenters. The van der Waals surface area contributed by atoms with Crippen molar-refractivity contribution in [1.82, 2.24) is 24.8 Å². The molecule has 0 spiro atoms. The Kier molecular flexibility index (Phi) is 3.76. The molecule has 0 amide bonds. The first-order valence-electron chi connectivity index (χ1n) is 8.09. The average Bonchev–Trinajstić information content (AvgIpc) is 3.08. The van der Waals surface area contributed by atoms with E-state index in [4.69, 9.17) is 5.84 Å². The monoisotopic (exact) mass is 360 g/mol. The van der Waals surface area contributed by atoms with Gasteiger partial charge in [0.1, 0.15) is 16.2 Å². The highest BCUT2D eigenvalue weighted by atomic mass is 32.2. The second-order valence-corrected chi connectivity index (χ2v) is 9.14. The minimum absolute atomic E-state index is 0.150. The molecule has 24 heavy (non-hydrogen) atoms. The quantitative estimate of drug-likeness (QED) is 0.557. The SMILES string of the molecule is CC(C)(C)c1nnc(Sc2ncnc3sc4c(c23)CCCC4)n1N. The average molecular weight is 361 g/mol. The van der Waals surface area contributed by atoms with Gasteiger partial charge in [-0.05, 0) is 43.0 Å². The normalized spacial score (nSPS) is 15.0. The maximum Gasteiger partial charge on any atom is 0.216 e. The molecule has 3 aromatic rings. The topological polar surface area (TPSA) is 82.5 Å². The fraction of sp³-hybridized carbons (Fsp3) is 0.500. The van der Waals surface area contributed by atoms with Gasteiger partial charge in [0.15, 0.2) is 5.82 Å². The highest BCUT2D eigenvalue weighted by Gasteiger charge is 2.25. The molecular weight excluding hydrogens is 340 g/mol. The number of hydrogen-bond donors (Lipinski definition) is 1. The molecule has 0 aliphatic heterocycles. The van der Waals surface area contributed by atoms with Crippen LogP contribution < -0.4 is 5.84 Å². The fourth-order valence-electron chi connectivity index (χ4n) is 3.08. The molecule has 0 saturated heterocycles. The number of aryl methyl sites for hydroxylation is 2. The van der Waals surface area contributed by atoms with Gasteiger partial charge in [0.2, 0.25) is 5.16 Å². The first-order valence-corrected chi connectivity index (χ1v) is 9.72. The van der Waals surface area contributed by atoms with E-state index in [1.807, 2.05) is 0 Å². The lowest BCUT2D eigenvalue weighted by Crippen LogP contribution is -2.24. The van der Waals surface area contributed by atoms with Gasteiger partial charge < -0.3 is 5.84 Å². The number of rotatable bonds is 2. The lowest BCUT2D eigenvalue weighted by atomic mass is 9.96. The van der Waals surface area contributed by atoms with Crippen LogP contribution in [0, 0.1) is 0 Å². The smallest absolute Gasteiger partial charge is 0.216 e. The van der Waals surface area contributed by atoms with Crippen molar-refractivity contribution in [3.8, 4) is 0 Å². The summed E-state index contributed by atoms with van der Waals surface area (Å²) in [7, 11) is 0. The minimum Gasteiger partial charge on any atom is -0.336 e. The van der Waals surface area contributed by atoms with Crippen molar-refractivity contribution in [2.75, 3.05) is 5.84 Å². The summed E-state index contributed by atoms with van der Waals surface area (Å²) in [6.45, 7) is 6.23. The van der Waals surface area contributed by atoms with Crippen molar-refractivity contribution in [2.24, 2.45) is 0 Å².